The van der Waals surface area contributed by atoms with Gasteiger partial charge in [0.05, 0.1) is 47.9 Å². The van der Waals surface area contributed by atoms with Crippen LogP contribution >= 0.6 is 11.6 Å². The second-order valence-corrected chi connectivity index (χ2v) is 12.9. The number of carbonyl (C=O) groups is 2. The van der Waals surface area contributed by atoms with Gasteiger partial charge < -0.3 is 25.4 Å². The third kappa shape index (κ3) is 7.84. The van der Waals surface area contributed by atoms with Crippen LogP contribution in [0.2, 0.25) is 5.02 Å². The van der Waals surface area contributed by atoms with Crippen LogP contribution in [0.4, 0.5) is 11.5 Å². The molecule has 5 rings (SSSR count). The van der Waals surface area contributed by atoms with E-state index in [4.69, 9.17) is 26.8 Å². The molecule has 1 aliphatic rings. The van der Waals surface area contributed by atoms with Crippen molar-refractivity contribution in [2.24, 2.45) is 5.92 Å². The molecule has 0 radical (unpaired) electrons. The number of amides is 1. The lowest BCUT2D eigenvalue weighted by Gasteiger charge is -2.29. The molecule has 2 atom stereocenters. The van der Waals surface area contributed by atoms with Gasteiger partial charge in [0.15, 0.2) is 9.84 Å². The molecule has 45 heavy (non-hydrogen) atoms. The lowest BCUT2D eigenvalue weighted by atomic mass is 9.93. The molecule has 1 fully saturated rings. The predicted molar refractivity (Wildman–Crippen MR) is 176 cm³/mol. The fraction of sp³-hybridized carbons (Fsp3) is 0.303. The zero-order chi connectivity index (χ0) is 32.6. The van der Waals surface area contributed by atoms with Gasteiger partial charge in [0.2, 0.25) is 5.91 Å². The molecule has 0 saturated carbocycles. The Kier molecular flexibility index (Phi) is 11.2. The van der Waals surface area contributed by atoms with Gasteiger partial charge in [-0.05, 0) is 66.8 Å². The molecule has 3 N–H and O–H groups in total. The van der Waals surface area contributed by atoms with E-state index >= 15 is 0 Å². The molecular weight excluding hydrogens is 616 g/mol. The summed E-state index contributed by atoms with van der Waals surface area (Å²) in [7, 11) is -1.98. The molecule has 0 bridgehead atoms. The number of carbonyl (C=O) groups excluding carboxylic acids is 2. The quantitative estimate of drug-likeness (QED) is 0.223. The second kappa shape index (κ2) is 15.1. The largest absolute Gasteiger partial charge is 0.495 e. The number of pyridine rings is 1. The average Bonchev–Trinajstić information content (AvgIpc) is 3.50. The number of likely N-dealkylation sites (tertiary alicyclic amines) is 1. The minimum atomic E-state index is -3.58. The number of halogens is 1. The lowest BCUT2D eigenvalue weighted by molar-refractivity contribution is -0.149. The van der Waals surface area contributed by atoms with Crippen LogP contribution in [0.3, 0.4) is 0 Å². The first kappa shape index (κ1) is 33.5. The summed E-state index contributed by atoms with van der Waals surface area (Å²) in [5, 5.41) is 5.50. The number of nitrogens with two attached hydrogens (primary N) is 1. The Morgan fingerprint density at radius 1 is 1.07 bits per heavy atom. The monoisotopic (exact) mass is 652 g/mol. The Hall–Kier alpha value is -4.35. The summed E-state index contributed by atoms with van der Waals surface area (Å²) >= 11 is 5.70. The molecule has 2 heterocycles. The van der Waals surface area contributed by atoms with Crippen molar-refractivity contribution >= 4 is 55.6 Å². The normalized spacial score (nSPS) is 16.0. The van der Waals surface area contributed by atoms with E-state index < -0.39 is 27.8 Å². The molecule has 4 aromatic rings. The molecule has 0 aliphatic carbocycles. The van der Waals surface area contributed by atoms with E-state index in [0.29, 0.717) is 29.4 Å². The van der Waals surface area contributed by atoms with Crippen LogP contribution in [-0.2, 0) is 24.2 Å². The first-order chi connectivity index (χ1) is 21.6. The molecule has 1 amide bonds. The molecule has 1 saturated heterocycles. The van der Waals surface area contributed by atoms with Crippen LogP contribution in [0.1, 0.15) is 31.9 Å². The number of hydrogen-bond donors (Lipinski definition) is 2. The number of para-hydroxylation sites is 1. The van der Waals surface area contributed by atoms with Crippen molar-refractivity contribution in [3.63, 3.8) is 0 Å². The number of fused-ring (bicyclic) bond motifs is 1. The van der Waals surface area contributed by atoms with Gasteiger partial charge in [0.1, 0.15) is 11.6 Å². The van der Waals surface area contributed by atoms with Gasteiger partial charge in [0, 0.05) is 23.8 Å². The fourth-order valence-electron chi connectivity index (χ4n) is 5.32. The van der Waals surface area contributed by atoms with E-state index in [9.17, 15) is 18.0 Å². The zero-order valence-corrected chi connectivity index (χ0v) is 27.0. The Morgan fingerprint density at radius 3 is 2.49 bits per heavy atom. The van der Waals surface area contributed by atoms with Gasteiger partial charge in [-0.2, -0.15) is 0 Å². The van der Waals surface area contributed by atoms with Crippen LogP contribution in [-0.4, -0.2) is 62.7 Å². The summed E-state index contributed by atoms with van der Waals surface area (Å²) in [5.74, 6) is -0.267. The number of anilines is 2. The van der Waals surface area contributed by atoms with Crippen molar-refractivity contribution in [1.82, 2.24) is 9.88 Å². The number of methoxy groups -OCH3 is 1. The molecular formula is C33H37ClN4O6S. The molecule has 0 spiro atoms. The Bertz CT molecular complexity index is 1770. The van der Waals surface area contributed by atoms with E-state index in [2.05, 4.69) is 10.3 Å². The number of esters is 1. The van der Waals surface area contributed by atoms with Crippen molar-refractivity contribution in [3.8, 4) is 5.75 Å². The highest BCUT2D eigenvalue weighted by Crippen LogP contribution is 2.41. The van der Waals surface area contributed by atoms with Crippen LogP contribution < -0.4 is 15.8 Å². The smallest absolute Gasteiger partial charge is 0.311 e. The summed E-state index contributed by atoms with van der Waals surface area (Å²) in [6.45, 7) is 3.78. The van der Waals surface area contributed by atoms with Crippen LogP contribution in [0.25, 0.3) is 10.8 Å². The molecule has 12 heteroatoms. The van der Waals surface area contributed by atoms with Crippen molar-refractivity contribution in [1.29, 1.82) is 0 Å². The molecule has 10 nitrogen and oxygen atoms in total. The molecule has 1 aliphatic heterocycles. The maximum absolute atomic E-state index is 13.4. The third-order valence-electron chi connectivity index (χ3n) is 7.56. The average molecular weight is 653 g/mol. The molecule has 0 unspecified atom stereocenters. The zero-order valence-electron chi connectivity index (χ0n) is 25.4. The van der Waals surface area contributed by atoms with Crippen LogP contribution in [0.5, 0.6) is 5.75 Å². The second-order valence-electron chi connectivity index (χ2n) is 10.2. The Morgan fingerprint density at radius 2 is 1.80 bits per heavy atom. The molecule has 1 aromatic heterocycles. The van der Waals surface area contributed by atoms with Crippen molar-refractivity contribution in [3.05, 3.63) is 89.6 Å². The summed E-state index contributed by atoms with van der Waals surface area (Å²) < 4.78 is 35.9. The predicted octanol–water partition coefficient (Wildman–Crippen LogP) is 5.52. The Balaban J connectivity index is 0.000000440. The van der Waals surface area contributed by atoms with Crippen LogP contribution in [0.15, 0.2) is 83.9 Å². The van der Waals surface area contributed by atoms with E-state index in [1.807, 2.05) is 42.5 Å². The minimum Gasteiger partial charge on any atom is -0.495 e. The van der Waals surface area contributed by atoms with E-state index in [-0.39, 0.29) is 29.7 Å². The number of nitrogens with zero attached hydrogens (tertiary/aromatic N) is 2. The molecule has 238 valence electrons. The summed E-state index contributed by atoms with van der Waals surface area (Å²) in [5.41, 5.74) is 7.09. The van der Waals surface area contributed by atoms with Crippen LogP contribution in [0, 0.1) is 5.92 Å². The standard InChI is InChI=1S/C26H30N4O5S.C7H7ClO/c1-3-35-26(32)21-12-14-30(24(21)20-7-5-6-8-22(20)36(33,34)4-2)23(31)16-29-18-9-10-19-17(15-18)11-13-28-25(19)27;1-9-7-5-3-2-4-6(7)8/h5-11,13,15,21,24,29H,3-4,12,14,16H2,1-2H3,(H2,27,28);2-5H,1H3/t21-,24-;/m0./s1. The number of hydrogen-bond acceptors (Lipinski definition) is 9. The number of aromatic nitrogens is 1. The summed E-state index contributed by atoms with van der Waals surface area (Å²) in [4.78, 5) is 32.0. The van der Waals surface area contributed by atoms with Crippen molar-refractivity contribution < 1.29 is 27.5 Å². The van der Waals surface area contributed by atoms with Crippen molar-refractivity contribution in [2.75, 3.05) is 43.6 Å². The highest BCUT2D eigenvalue weighted by Gasteiger charge is 2.44. The number of benzene rings is 3. The van der Waals surface area contributed by atoms with E-state index in [1.54, 1.807) is 56.3 Å². The Labute approximate surface area is 268 Å². The fourth-order valence-corrected chi connectivity index (χ4v) is 6.67. The first-order valence-electron chi connectivity index (χ1n) is 14.6. The SMILES string of the molecule is CCOC(=O)[C@H]1CCN(C(=O)CNc2ccc3c(N)nccc3c2)[C@H]1c1ccccc1S(=O)(=O)CC.COc1ccccc1Cl. The molecule has 3 aromatic carbocycles. The number of nitrogens with one attached hydrogen (secondary N) is 1. The number of nitrogen functional groups attached to an aromatic ring is 1. The lowest BCUT2D eigenvalue weighted by Crippen LogP contribution is -2.38. The summed E-state index contributed by atoms with van der Waals surface area (Å²) in [6.07, 6.45) is 2.01. The highest BCUT2D eigenvalue weighted by molar-refractivity contribution is 7.91. The van der Waals surface area contributed by atoms with Crippen molar-refractivity contribution in [2.45, 2.75) is 31.2 Å². The minimum absolute atomic E-state index is 0.0270. The number of ether oxygens (including phenoxy) is 2. The maximum atomic E-state index is 13.4. The van der Waals surface area contributed by atoms with Gasteiger partial charge in [-0.15, -0.1) is 0 Å². The first-order valence-corrected chi connectivity index (χ1v) is 16.6. The number of rotatable bonds is 9. The van der Waals surface area contributed by atoms with Gasteiger partial charge in [-0.3, -0.25) is 9.59 Å². The summed E-state index contributed by atoms with van der Waals surface area (Å²) in [6, 6.07) is 20.6. The maximum Gasteiger partial charge on any atom is 0.311 e. The topological polar surface area (TPSA) is 141 Å². The highest BCUT2D eigenvalue weighted by atomic mass is 35.5. The number of sulfone groups is 1. The van der Waals surface area contributed by atoms with Gasteiger partial charge >= 0.3 is 5.97 Å². The van der Waals surface area contributed by atoms with E-state index in [0.717, 1.165) is 22.2 Å². The van der Waals surface area contributed by atoms with E-state index in [1.165, 1.54) is 6.07 Å². The van der Waals surface area contributed by atoms with Gasteiger partial charge in [-0.25, -0.2) is 13.4 Å². The third-order valence-corrected chi connectivity index (χ3v) is 9.67. The van der Waals surface area contributed by atoms with Gasteiger partial charge in [0.25, 0.3) is 0 Å². The van der Waals surface area contributed by atoms with Gasteiger partial charge in [-0.1, -0.05) is 48.9 Å².